The zero-order valence-corrected chi connectivity index (χ0v) is 18.7. The second kappa shape index (κ2) is 9.83. The third-order valence-electron chi connectivity index (χ3n) is 5.81. The minimum atomic E-state index is -0.548. The first kappa shape index (κ1) is 22.5. The highest BCUT2D eigenvalue weighted by Gasteiger charge is 2.37. The second-order valence-corrected chi connectivity index (χ2v) is 8.65. The molecule has 0 aromatic carbocycles. The molecule has 3 heterocycles. The van der Waals surface area contributed by atoms with Gasteiger partial charge in [-0.3, -0.25) is 14.4 Å². The first-order chi connectivity index (χ1) is 15.4. The number of carbonyl (C=O) groups excluding carboxylic acids is 2. The number of piperazine rings is 1. The topological polar surface area (TPSA) is 121 Å². The molecule has 4 rings (SSSR count). The second-order valence-electron chi connectivity index (χ2n) is 7.84. The van der Waals surface area contributed by atoms with Gasteiger partial charge in [0.25, 0.3) is 5.56 Å². The van der Waals surface area contributed by atoms with Crippen LogP contribution in [0.1, 0.15) is 19.3 Å². The average Bonchev–Trinajstić information content (AvgIpc) is 3.14. The van der Waals surface area contributed by atoms with Gasteiger partial charge in [-0.05, 0) is 12.8 Å². The van der Waals surface area contributed by atoms with E-state index in [1.54, 1.807) is 17.3 Å². The maximum absolute atomic E-state index is 12.8. The number of rotatable bonds is 6. The summed E-state index contributed by atoms with van der Waals surface area (Å²) in [6.07, 6.45) is 5.87. The minimum absolute atomic E-state index is 0.0143. The summed E-state index contributed by atoms with van der Waals surface area (Å²) in [5.74, 6) is 0.0729. The summed E-state index contributed by atoms with van der Waals surface area (Å²) in [6.45, 7) is 2.44. The summed E-state index contributed by atoms with van der Waals surface area (Å²) < 4.78 is 5.55. The molecular weight excluding hydrogens is 459 g/mol. The van der Waals surface area contributed by atoms with E-state index >= 15 is 0 Å². The zero-order valence-electron chi connectivity index (χ0n) is 17.2. The van der Waals surface area contributed by atoms with Crippen LogP contribution in [0.5, 0.6) is 5.75 Å². The monoisotopic (exact) mass is 480 g/mol. The maximum Gasteiger partial charge on any atom is 0.286 e. The third kappa shape index (κ3) is 5.02. The van der Waals surface area contributed by atoms with E-state index in [1.807, 2.05) is 4.90 Å². The van der Waals surface area contributed by atoms with Crippen LogP contribution < -0.4 is 15.2 Å². The molecule has 170 valence electrons. The molecule has 0 unspecified atom stereocenters. The molecule has 2 aromatic rings. The molecule has 0 bridgehead atoms. The van der Waals surface area contributed by atoms with E-state index < -0.39 is 5.56 Å². The fourth-order valence-electron chi connectivity index (χ4n) is 4.01. The molecule has 1 aliphatic carbocycles. The van der Waals surface area contributed by atoms with Crippen molar-refractivity contribution >= 4 is 40.8 Å². The number of halogens is 2. The van der Waals surface area contributed by atoms with Crippen LogP contribution in [0, 0.1) is 11.8 Å². The van der Waals surface area contributed by atoms with Crippen molar-refractivity contribution in [3.8, 4) is 5.75 Å². The zero-order chi connectivity index (χ0) is 22.7. The fourth-order valence-corrected chi connectivity index (χ4v) is 4.25. The highest BCUT2D eigenvalue weighted by molar-refractivity contribution is 6.31. The third-order valence-corrected chi connectivity index (χ3v) is 6.37. The number of hydrogen-bond donors (Lipinski definition) is 1. The van der Waals surface area contributed by atoms with E-state index in [9.17, 15) is 14.4 Å². The lowest BCUT2D eigenvalue weighted by Crippen LogP contribution is -2.49. The number of carbonyl (C=O) groups is 2. The number of aromatic amines is 1. The molecule has 10 nitrogen and oxygen atoms in total. The van der Waals surface area contributed by atoms with Crippen LogP contribution in [0.4, 0.5) is 5.95 Å². The van der Waals surface area contributed by atoms with Gasteiger partial charge in [-0.15, -0.1) is 0 Å². The number of anilines is 1. The molecule has 2 aliphatic rings. The summed E-state index contributed by atoms with van der Waals surface area (Å²) in [6, 6.07) is 0. The summed E-state index contributed by atoms with van der Waals surface area (Å²) in [5, 5.41) is 6.23. The molecule has 32 heavy (non-hydrogen) atoms. The quantitative estimate of drug-likeness (QED) is 0.660. The van der Waals surface area contributed by atoms with Crippen LogP contribution in [0.25, 0.3) is 0 Å². The molecule has 0 radical (unpaired) electrons. The summed E-state index contributed by atoms with van der Waals surface area (Å²) in [5.41, 5.74) is -0.548. The Hall–Kier alpha value is -2.72. The molecule has 1 aliphatic heterocycles. The van der Waals surface area contributed by atoms with Gasteiger partial charge in [-0.2, -0.15) is 5.10 Å². The van der Waals surface area contributed by atoms with E-state index in [1.165, 1.54) is 6.20 Å². The number of hydrogen-bond acceptors (Lipinski definition) is 8. The van der Waals surface area contributed by atoms with Gasteiger partial charge in [0.2, 0.25) is 11.9 Å². The van der Waals surface area contributed by atoms with Crippen molar-refractivity contribution in [2.75, 3.05) is 37.7 Å². The maximum atomic E-state index is 12.8. The lowest BCUT2D eigenvalue weighted by molar-refractivity contribution is -0.135. The first-order valence-electron chi connectivity index (χ1n) is 10.3. The predicted molar refractivity (Wildman–Crippen MR) is 117 cm³/mol. The van der Waals surface area contributed by atoms with Crippen LogP contribution in [-0.2, 0) is 9.59 Å². The number of nitrogens with zero attached hydrogens (tertiary/aromatic N) is 5. The Labute approximate surface area is 193 Å². The summed E-state index contributed by atoms with van der Waals surface area (Å²) in [4.78, 5) is 49.2. The van der Waals surface area contributed by atoms with Crippen molar-refractivity contribution in [1.82, 2.24) is 25.1 Å². The van der Waals surface area contributed by atoms with Gasteiger partial charge >= 0.3 is 0 Å². The first-order valence-corrected chi connectivity index (χ1v) is 11.1. The van der Waals surface area contributed by atoms with E-state index in [2.05, 4.69) is 20.2 Å². The number of amides is 1. The molecule has 12 heteroatoms. The molecule has 1 amide bonds. The predicted octanol–water partition coefficient (Wildman–Crippen LogP) is 1.58. The number of H-pyrrole nitrogens is 1. The SMILES string of the molecule is O=C1[C@@H](COc2cn[nH]c(=O)c2Cl)CC[C@H]1CC(=O)N1CCN(c2ncc(Cl)cn2)CC1. The van der Waals surface area contributed by atoms with Crippen LogP contribution >= 0.6 is 23.2 Å². The summed E-state index contributed by atoms with van der Waals surface area (Å²) >= 11 is 11.7. The number of Topliss-reactive ketones (excluding diaryl/α,β-unsaturated/α-hetero) is 1. The van der Waals surface area contributed by atoms with Crippen LogP contribution in [0.2, 0.25) is 10.0 Å². The smallest absolute Gasteiger partial charge is 0.286 e. The number of aromatic nitrogens is 4. The van der Waals surface area contributed by atoms with Crippen molar-refractivity contribution in [2.45, 2.75) is 19.3 Å². The molecule has 1 saturated heterocycles. The molecule has 1 saturated carbocycles. The highest BCUT2D eigenvalue weighted by atomic mass is 35.5. The Morgan fingerprint density at radius 1 is 1.06 bits per heavy atom. The largest absolute Gasteiger partial charge is 0.489 e. The Balaban J connectivity index is 1.25. The van der Waals surface area contributed by atoms with Crippen molar-refractivity contribution < 1.29 is 14.3 Å². The molecular formula is C20H22Cl2N6O4. The van der Waals surface area contributed by atoms with Crippen LogP contribution in [-0.4, -0.2) is 69.5 Å². The fraction of sp³-hybridized carbons (Fsp3) is 0.500. The van der Waals surface area contributed by atoms with Crippen molar-refractivity contribution in [3.63, 3.8) is 0 Å². The van der Waals surface area contributed by atoms with E-state index in [4.69, 9.17) is 27.9 Å². The van der Waals surface area contributed by atoms with Gasteiger partial charge in [0.05, 0.1) is 36.1 Å². The van der Waals surface area contributed by atoms with Gasteiger partial charge < -0.3 is 14.5 Å². The van der Waals surface area contributed by atoms with Crippen molar-refractivity contribution in [1.29, 1.82) is 0 Å². The van der Waals surface area contributed by atoms with E-state index in [0.29, 0.717) is 50.0 Å². The van der Waals surface area contributed by atoms with Gasteiger partial charge in [0.15, 0.2) is 10.8 Å². The Bertz CT molecular complexity index is 1040. The van der Waals surface area contributed by atoms with E-state index in [-0.39, 0.29) is 47.3 Å². The van der Waals surface area contributed by atoms with Crippen molar-refractivity contribution in [2.24, 2.45) is 11.8 Å². The lowest BCUT2D eigenvalue weighted by Gasteiger charge is -2.35. The molecule has 1 N–H and O–H groups in total. The van der Waals surface area contributed by atoms with Crippen LogP contribution in [0.3, 0.4) is 0 Å². The Kier molecular flexibility index (Phi) is 6.90. The highest BCUT2D eigenvalue weighted by Crippen LogP contribution is 2.31. The van der Waals surface area contributed by atoms with Gasteiger partial charge in [0.1, 0.15) is 5.78 Å². The number of ether oxygens (including phenoxy) is 1. The molecule has 2 atom stereocenters. The van der Waals surface area contributed by atoms with Gasteiger partial charge in [-0.25, -0.2) is 15.1 Å². The molecule has 2 fully saturated rings. The summed E-state index contributed by atoms with van der Waals surface area (Å²) in [7, 11) is 0. The Morgan fingerprint density at radius 3 is 2.47 bits per heavy atom. The normalized spacial score (nSPS) is 21.1. The average molecular weight is 481 g/mol. The number of nitrogens with one attached hydrogen (secondary N) is 1. The minimum Gasteiger partial charge on any atom is -0.489 e. The standard InChI is InChI=1S/C20H22Cl2N6O4/c21-14-8-23-20(24-9-14)28-5-3-27(4-6-28)16(29)7-12-1-2-13(18(12)30)11-32-15-10-25-26-19(31)17(15)22/h8-10,12-13H,1-7,11H2,(H,26,31)/t12-,13+/m0/s1. The lowest BCUT2D eigenvalue weighted by atomic mass is 9.99. The van der Waals surface area contributed by atoms with E-state index in [0.717, 1.165) is 0 Å². The number of ketones is 1. The van der Waals surface area contributed by atoms with Crippen LogP contribution in [0.15, 0.2) is 23.4 Å². The van der Waals surface area contributed by atoms with Gasteiger partial charge in [-0.1, -0.05) is 23.2 Å². The Morgan fingerprint density at radius 2 is 1.75 bits per heavy atom. The molecule has 0 spiro atoms. The molecule has 2 aromatic heterocycles. The van der Waals surface area contributed by atoms with Crippen molar-refractivity contribution in [3.05, 3.63) is 39.0 Å². The van der Waals surface area contributed by atoms with Gasteiger partial charge in [0, 0.05) is 38.5 Å².